The Morgan fingerprint density at radius 2 is 1.89 bits per heavy atom. The Morgan fingerprint density at radius 3 is 2.57 bits per heavy atom. The first-order chi connectivity index (χ1) is 13.5. The molecule has 1 aliphatic rings. The average Bonchev–Trinajstić information content (AvgIpc) is 3.16. The molecule has 2 aromatic rings. The Hall–Kier alpha value is -2.67. The van der Waals surface area contributed by atoms with Crippen LogP contribution < -0.4 is 15.0 Å². The lowest BCUT2D eigenvalue weighted by Gasteiger charge is -2.19. The Balaban J connectivity index is 1.49. The van der Waals surface area contributed by atoms with Crippen LogP contribution in [0.25, 0.3) is 0 Å². The zero-order valence-electron chi connectivity index (χ0n) is 15.9. The molecule has 1 amide bonds. The largest absolute Gasteiger partial charge is 0.435 e. The molecule has 28 heavy (non-hydrogen) atoms. The molecule has 1 saturated heterocycles. The standard InChI is InChI=1S/C21H25F2N3O2/c1-25(14-16-5-4-6-19(13-16)28-21(22)23)15-20(27)24-17-7-9-18(10-8-17)26-11-2-3-12-26/h4-10,13,21H,2-3,11-12,14-15H2,1H3,(H,24,27). The topological polar surface area (TPSA) is 44.8 Å². The van der Waals surface area contributed by atoms with E-state index in [4.69, 9.17) is 0 Å². The van der Waals surface area contributed by atoms with Gasteiger partial charge in [0.05, 0.1) is 6.54 Å². The minimum Gasteiger partial charge on any atom is -0.435 e. The van der Waals surface area contributed by atoms with Crippen molar-refractivity contribution >= 4 is 17.3 Å². The molecule has 0 unspecified atom stereocenters. The minimum atomic E-state index is -2.85. The highest BCUT2D eigenvalue weighted by Gasteiger charge is 2.13. The molecule has 0 saturated carbocycles. The van der Waals surface area contributed by atoms with Crippen molar-refractivity contribution in [1.82, 2.24) is 4.90 Å². The first kappa shape index (κ1) is 20.1. The normalized spacial score (nSPS) is 14.0. The quantitative estimate of drug-likeness (QED) is 0.742. The van der Waals surface area contributed by atoms with Gasteiger partial charge < -0.3 is 15.0 Å². The highest BCUT2D eigenvalue weighted by molar-refractivity contribution is 5.92. The van der Waals surface area contributed by atoms with Gasteiger partial charge in [0.15, 0.2) is 0 Å². The smallest absolute Gasteiger partial charge is 0.387 e. The molecule has 7 heteroatoms. The Labute approximate surface area is 163 Å². The van der Waals surface area contributed by atoms with Crippen molar-refractivity contribution in [2.45, 2.75) is 26.0 Å². The van der Waals surface area contributed by atoms with Gasteiger partial charge in [0.25, 0.3) is 0 Å². The third kappa shape index (κ3) is 5.92. The van der Waals surface area contributed by atoms with E-state index in [1.54, 1.807) is 19.2 Å². The first-order valence-corrected chi connectivity index (χ1v) is 9.37. The number of carbonyl (C=O) groups excluding carboxylic acids is 1. The monoisotopic (exact) mass is 389 g/mol. The van der Waals surface area contributed by atoms with E-state index >= 15 is 0 Å². The van der Waals surface area contributed by atoms with Crippen molar-refractivity contribution < 1.29 is 18.3 Å². The van der Waals surface area contributed by atoms with Crippen molar-refractivity contribution in [2.24, 2.45) is 0 Å². The number of hydrogen-bond donors (Lipinski definition) is 1. The summed E-state index contributed by atoms with van der Waals surface area (Å²) in [5, 5.41) is 2.89. The van der Waals surface area contributed by atoms with Gasteiger partial charge in [-0.1, -0.05) is 12.1 Å². The van der Waals surface area contributed by atoms with E-state index in [9.17, 15) is 13.6 Å². The molecule has 0 bridgehead atoms. The van der Waals surface area contributed by atoms with Crippen molar-refractivity contribution in [1.29, 1.82) is 0 Å². The zero-order chi connectivity index (χ0) is 19.9. The van der Waals surface area contributed by atoms with Crippen molar-refractivity contribution in [3.63, 3.8) is 0 Å². The van der Waals surface area contributed by atoms with Gasteiger partial charge in [0.1, 0.15) is 5.75 Å². The molecular formula is C21H25F2N3O2. The Bertz CT molecular complexity index is 777. The number of anilines is 2. The number of nitrogens with zero attached hydrogens (tertiary/aromatic N) is 2. The number of halogens is 2. The molecule has 3 rings (SSSR count). The van der Waals surface area contributed by atoms with E-state index < -0.39 is 6.61 Å². The van der Waals surface area contributed by atoms with Gasteiger partial charge in [-0.2, -0.15) is 8.78 Å². The number of likely N-dealkylation sites (N-methyl/N-ethyl adjacent to an activating group) is 1. The predicted molar refractivity (Wildman–Crippen MR) is 106 cm³/mol. The lowest BCUT2D eigenvalue weighted by atomic mass is 10.2. The second-order valence-corrected chi connectivity index (χ2v) is 6.99. The van der Waals surface area contributed by atoms with Crippen LogP contribution in [0.5, 0.6) is 5.75 Å². The maximum absolute atomic E-state index is 12.3. The van der Waals surface area contributed by atoms with Crippen LogP contribution in [0.15, 0.2) is 48.5 Å². The van der Waals surface area contributed by atoms with Gasteiger partial charge >= 0.3 is 6.61 Å². The van der Waals surface area contributed by atoms with E-state index in [0.717, 1.165) is 24.3 Å². The van der Waals surface area contributed by atoms with Gasteiger partial charge in [-0.15, -0.1) is 0 Å². The van der Waals surface area contributed by atoms with Gasteiger partial charge in [0.2, 0.25) is 5.91 Å². The molecule has 150 valence electrons. The Kier molecular flexibility index (Phi) is 6.81. The lowest BCUT2D eigenvalue weighted by molar-refractivity contribution is -0.117. The van der Waals surface area contributed by atoms with Crippen molar-refractivity contribution in [2.75, 3.05) is 36.9 Å². The van der Waals surface area contributed by atoms with Gasteiger partial charge in [-0.25, -0.2) is 0 Å². The summed E-state index contributed by atoms with van der Waals surface area (Å²) >= 11 is 0. The Morgan fingerprint density at radius 1 is 1.18 bits per heavy atom. The first-order valence-electron chi connectivity index (χ1n) is 9.37. The highest BCUT2D eigenvalue weighted by Crippen LogP contribution is 2.22. The summed E-state index contributed by atoms with van der Waals surface area (Å²) in [5.41, 5.74) is 2.73. The van der Waals surface area contributed by atoms with E-state index in [1.807, 2.05) is 35.2 Å². The number of ether oxygens (including phenoxy) is 1. The molecule has 0 aromatic heterocycles. The van der Waals surface area contributed by atoms with Crippen LogP contribution in [-0.4, -0.2) is 44.1 Å². The molecule has 1 fully saturated rings. The minimum absolute atomic E-state index is 0.114. The molecule has 2 aromatic carbocycles. The number of benzene rings is 2. The maximum Gasteiger partial charge on any atom is 0.387 e. The summed E-state index contributed by atoms with van der Waals surface area (Å²) in [5.74, 6) is -0.0140. The molecule has 0 radical (unpaired) electrons. The van der Waals surface area contributed by atoms with Crippen LogP contribution in [0, 0.1) is 0 Å². The molecule has 0 aliphatic carbocycles. The fraction of sp³-hybridized carbons (Fsp3) is 0.381. The second kappa shape index (κ2) is 9.50. The fourth-order valence-electron chi connectivity index (χ4n) is 3.36. The van der Waals surface area contributed by atoms with Crippen molar-refractivity contribution in [3.8, 4) is 5.75 Å². The van der Waals surface area contributed by atoms with Crippen LogP contribution in [0.1, 0.15) is 18.4 Å². The molecule has 1 N–H and O–H groups in total. The van der Waals surface area contributed by atoms with E-state index in [2.05, 4.69) is 15.0 Å². The number of carbonyl (C=O) groups is 1. The fourth-order valence-corrected chi connectivity index (χ4v) is 3.36. The summed E-state index contributed by atoms with van der Waals surface area (Å²) in [4.78, 5) is 16.4. The molecule has 5 nitrogen and oxygen atoms in total. The summed E-state index contributed by atoms with van der Waals surface area (Å²) in [6, 6.07) is 14.4. The van der Waals surface area contributed by atoms with Gasteiger partial charge in [-0.3, -0.25) is 9.69 Å². The second-order valence-electron chi connectivity index (χ2n) is 6.99. The number of alkyl halides is 2. The molecule has 1 heterocycles. The van der Waals surface area contributed by atoms with Gasteiger partial charge in [-0.05, 0) is 61.9 Å². The average molecular weight is 389 g/mol. The number of hydrogen-bond acceptors (Lipinski definition) is 4. The van der Waals surface area contributed by atoms with Crippen LogP contribution in [-0.2, 0) is 11.3 Å². The predicted octanol–water partition coefficient (Wildman–Crippen LogP) is 3.96. The number of rotatable bonds is 8. The molecular weight excluding hydrogens is 364 g/mol. The zero-order valence-corrected chi connectivity index (χ0v) is 15.9. The van der Waals surface area contributed by atoms with Gasteiger partial charge in [0, 0.05) is 31.0 Å². The SMILES string of the molecule is CN(CC(=O)Nc1ccc(N2CCCC2)cc1)Cc1cccc(OC(F)F)c1. The van der Waals surface area contributed by atoms with E-state index in [-0.39, 0.29) is 18.2 Å². The van der Waals surface area contributed by atoms with Crippen LogP contribution in [0.4, 0.5) is 20.2 Å². The number of nitrogens with one attached hydrogen (secondary N) is 1. The summed E-state index contributed by atoms with van der Waals surface area (Å²) in [7, 11) is 1.80. The van der Waals surface area contributed by atoms with Crippen LogP contribution in [0.2, 0.25) is 0 Å². The molecule has 0 spiro atoms. The molecule has 0 atom stereocenters. The third-order valence-corrected chi connectivity index (χ3v) is 4.61. The van der Waals surface area contributed by atoms with Crippen LogP contribution >= 0.6 is 0 Å². The van der Waals surface area contributed by atoms with Crippen LogP contribution in [0.3, 0.4) is 0 Å². The highest BCUT2D eigenvalue weighted by atomic mass is 19.3. The number of amides is 1. The summed E-state index contributed by atoms with van der Waals surface area (Å²) in [6.45, 7) is -0.0500. The molecule has 1 aliphatic heterocycles. The van der Waals surface area contributed by atoms with E-state index in [1.165, 1.54) is 24.6 Å². The maximum atomic E-state index is 12.3. The van der Waals surface area contributed by atoms with E-state index in [0.29, 0.717) is 6.54 Å². The van der Waals surface area contributed by atoms with Crippen molar-refractivity contribution in [3.05, 3.63) is 54.1 Å². The summed E-state index contributed by atoms with van der Waals surface area (Å²) in [6.07, 6.45) is 2.45. The summed E-state index contributed by atoms with van der Waals surface area (Å²) < 4.78 is 29.0. The lowest BCUT2D eigenvalue weighted by Crippen LogP contribution is -2.29. The third-order valence-electron chi connectivity index (χ3n) is 4.61.